The zero-order valence-corrected chi connectivity index (χ0v) is 17.9. The quantitative estimate of drug-likeness (QED) is 0.635. The number of carbonyl (C=O) groups is 2. The van der Waals surface area contributed by atoms with Crippen molar-refractivity contribution in [3.63, 3.8) is 0 Å². The number of likely N-dealkylation sites (N-methyl/N-ethyl adjacent to an activating group) is 1. The summed E-state index contributed by atoms with van der Waals surface area (Å²) >= 11 is 1.59. The minimum atomic E-state index is -0.0917. The SMILES string of the molecule is CSc1ccccc1NC(=O)C[NH+](C)CC(=O)N(Cc1ccccc1)C(C)C. The summed E-state index contributed by atoms with van der Waals surface area (Å²) in [6.07, 6.45) is 1.98. The first-order valence-corrected chi connectivity index (χ1v) is 10.7. The molecule has 0 spiro atoms. The number of rotatable bonds is 9. The minimum absolute atomic E-state index is 0.0497. The van der Waals surface area contributed by atoms with Crippen molar-refractivity contribution in [2.75, 3.05) is 31.7 Å². The highest BCUT2D eigenvalue weighted by molar-refractivity contribution is 7.98. The summed E-state index contributed by atoms with van der Waals surface area (Å²) in [6, 6.07) is 17.8. The van der Waals surface area contributed by atoms with Crippen LogP contribution in [0.3, 0.4) is 0 Å². The maximum atomic E-state index is 12.8. The van der Waals surface area contributed by atoms with E-state index in [1.54, 1.807) is 11.8 Å². The van der Waals surface area contributed by atoms with Crippen molar-refractivity contribution in [2.45, 2.75) is 31.3 Å². The average Bonchev–Trinajstić information content (AvgIpc) is 2.66. The number of carbonyl (C=O) groups excluding carboxylic acids is 2. The Morgan fingerprint density at radius 3 is 2.32 bits per heavy atom. The third-order valence-electron chi connectivity index (χ3n) is 4.44. The fourth-order valence-electron chi connectivity index (χ4n) is 2.98. The molecule has 0 aliphatic carbocycles. The summed E-state index contributed by atoms with van der Waals surface area (Å²) in [5.74, 6) is -0.0420. The van der Waals surface area contributed by atoms with Gasteiger partial charge < -0.3 is 15.1 Å². The van der Waals surface area contributed by atoms with Crippen LogP contribution in [0, 0.1) is 0 Å². The van der Waals surface area contributed by atoms with Crippen LogP contribution in [0.25, 0.3) is 0 Å². The number of benzene rings is 2. The standard InChI is InChI=1S/C22H29N3O2S/c1-17(2)25(14-18-10-6-5-7-11-18)22(27)16-24(3)15-21(26)23-19-12-8-9-13-20(19)28-4/h5-13,17H,14-16H2,1-4H3,(H,23,26)/p+1. The van der Waals surface area contributed by atoms with Crippen LogP contribution in [0.1, 0.15) is 19.4 Å². The van der Waals surface area contributed by atoms with Crippen LogP contribution in [0.2, 0.25) is 0 Å². The molecule has 0 fully saturated rings. The highest BCUT2D eigenvalue weighted by Crippen LogP contribution is 2.24. The van der Waals surface area contributed by atoms with Crippen LogP contribution in [0.5, 0.6) is 0 Å². The van der Waals surface area contributed by atoms with Gasteiger partial charge in [-0.1, -0.05) is 42.5 Å². The molecule has 1 atom stereocenters. The lowest BCUT2D eigenvalue weighted by Crippen LogP contribution is -3.11. The molecular weight excluding hydrogens is 370 g/mol. The van der Waals surface area contributed by atoms with Gasteiger partial charge in [0.25, 0.3) is 11.8 Å². The van der Waals surface area contributed by atoms with Gasteiger partial charge in [-0.05, 0) is 37.8 Å². The van der Waals surface area contributed by atoms with Crippen molar-refractivity contribution in [1.29, 1.82) is 0 Å². The van der Waals surface area contributed by atoms with Gasteiger partial charge in [0.2, 0.25) is 0 Å². The largest absolute Gasteiger partial charge is 0.331 e. The van der Waals surface area contributed by atoms with Crippen molar-refractivity contribution in [3.8, 4) is 0 Å². The highest BCUT2D eigenvalue weighted by atomic mass is 32.2. The van der Waals surface area contributed by atoms with Gasteiger partial charge in [0.05, 0.1) is 12.7 Å². The van der Waals surface area contributed by atoms with E-state index < -0.39 is 0 Å². The predicted molar refractivity (Wildman–Crippen MR) is 116 cm³/mol. The van der Waals surface area contributed by atoms with E-state index in [0.717, 1.165) is 21.0 Å². The van der Waals surface area contributed by atoms with E-state index in [4.69, 9.17) is 0 Å². The molecule has 150 valence electrons. The Kier molecular flexibility index (Phi) is 8.54. The molecule has 1 unspecified atom stereocenters. The summed E-state index contributed by atoms with van der Waals surface area (Å²) in [4.78, 5) is 29.0. The number of thioether (sulfide) groups is 1. The van der Waals surface area contributed by atoms with Gasteiger partial charge in [-0.15, -0.1) is 11.8 Å². The zero-order chi connectivity index (χ0) is 20.5. The van der Waals surface area contributed by atoms with Crippen molar-refractivity contribution >= 4 is 29.3 Å². The van der Waals surface area contributed by atoms with Crippen LogP contribution in [0.15, 0.2) is 59.5 Å². The highest BCUT2D eigenvalue weighted by Gasteiger charge is 2.22. The summed E-state index contributed by atoms with van der Waals surface area (Å²) in [7, 11) is 1.87. The summed E-state index contributed by atoms with van der Waals surface area (Å²) in [6.45, 7) is 5.14. The number of amides is 2. The van der Waals surface area contributed by atoms with Gasteiger partial charge in [0.15, 0.2) is 13.1 Å². The monoisotopic (exact) mass is 400 g/mol. The van der Waals surface area contributed by atoms with E-state index in [-0.39, 0.29) is 30.9 Å². The lowest BCUT2D eigenvalue weighted by Gasteiger charge is -2.27. The second kappa shape index (κ2) is 10.9. The lowest BCUT2D eigenvalue weighted by atomic mass is 10.2. The van der Waals surface area contributed by atoms with Crippen LogP contribution in [0.4, 0.5) is 5.69 Å². The first-order valence-electron chi connectivity index (χ1n) is 9.48. The summed E-state index contributed by atoms with van der Waals surface area (Å²) < 4.78 is 0. The molecule has 28 heavy (non-hydrogen) atoms. The molecule has 0 aromatic heterocycles. The average molecular weight is 401 g/mol. The molecule has 2 N–H and O–H groups in total. The van der Waals surface area contributed by atoms with Crippen LogP contribution < -0.4 is 10.2 Å². The number of anilines is 1. The molecule has 0 aliphatic rings. The first-order chi connectivity index (χ1) is 13.4. The minimum Gasteiger partial charge on any atom is -0.331 e. The molecule has 0 saturated heterocycles. The number of para-hydroxylation sites is 1. The van der Waals surface area contributed by atoms with E-state index in [1.807, 2.05) is 86.6 Å². The predicted octanol–water partition coefficient (Wildman–Crippen LogP) is 2.30. The van der Waals surface area contributed by atoms with Gasteiger partial charge in [-0.3, -0.25) is 9.59 Å². The fraction of sp³-hybridized carbons (Fsp3) is 0.364. The maximum Gasteiger partial charge on any atom is 0.279 e. The van der Waals surface area contributed by atoms with Gasteiger partial charge >= 0.3 is 0 Å². The van der Waals surface area contributed by atoms with E-state index in [2.05, 4.69) is 5.32 Å². The van der Waals surface area contributed by atoms with Crippen LogP contribution in [-0.2, 0) is 16.1 Å². The summed E-state index contributed by atoms with van der Waals surface area (Å²) in [5.41, 5.74) is 1.92. The summed E-state index contributed by atoms with van der Waals surface area (Å²) in [5, 5.41) is 2.95. The number of nitrogens with zero attached hydrogens (tertiary/aromatic N) is 1. The fourth-order valence-corrected chi connectivity index (χ4v) is 3.53. The third kappa shape index (κ3) is 6.69. The van der Waals surface area contributed by atoms with E-state index >= 15 is 0 Å². The number of hydrogen-bond donors (Lipinski definition) is 2. The van der Waals surface area contributed by atoms with E-state index in [0.29, 0.717) is 6.54 Å². The Morgan fingerprint density at radius 2 is 1.68 bits per heavy atom. The topological polar surface area (TPSA) is 53.9 Å². The normalized spacial score (nSPS) is 11.9. The van der Waals surface area contributed by atoms with Gasteiger partial charge in [0.1, 0.15) is 0 Å². The molecule has 6 heteroatoms. The Morgan fingerprint density at radius 1 is 1.04 bits per heavy atom. The molecule has 2 aromatic carbocycles. The van der Waals surface area contributed by atoms with Crippen molar-refractivity contribution in [3.05, 3.63) is 60.2 Å². The van der Waals surface area contributed by atoms with Gasteiger partial charge in [-0.25, -0.2) is 0 Å². The zero-order valence-electron chi connectivity index (χ0n) is 17.1. The van der Waals surface area contributed by atoms with Gasteiger partial charge in [-0.2, -0.15) is 0 Å². The first kappa shape index (κ1) is 22.0. The molecule has 2 rings (SSSR count). The molecule has 2 aromatic rings. The molecule has 0 heterocycles. The van der Waals surface area contributed by atoms with Crippen molar-refractivity contribution < 1.29 is 14.5 Å². The van der Waals surface area contributed by atoms with Gasteiger partial charge in [0, 0.05) is 17.5 Å². The second-order valence-corrected chi connectivity index (χ2v) is 8.01. The molecule has 2 amide bonds. The van der Waals surface area contributed by atoms with E-state index in [1.165, 1.54) is 0 Å². The lowest BCUT2D eigenvalue weighted by molar-refractivity contribution is -0.862. The van der Waals surface area contributed by atoms with Crippen LogP contribution >= 0.6 is 11.8 Å². The third-order valence-corrected chi connectivity index (χ3v) is 5.23. The Labute approximate surface area is 172 Å². The molecular formula is C22H30N3O2S+. The van der Waals surface area contributed by atoms with E-state index in [9.17, 15) is 9.59 Å². The van der Waals surface area contributed by atoms with Crippen LogP contribution in [-0.4, -0.2) is 49.1 Å². The maximum absolute atomic E-state index is 12.8. The number of nitrogens with one attached hydrogen (secondary N) is 2. The van der Waals surface area contributed by atoms with Crippen molar-refractivity contribution in [1.82, 2.24) is 4.90 Å². The number of hydrogen-bond acceptors (Lipinski definition) is 3. The Bertz CT molecular complexity index is 780. The van der Waals surface area contributed by atoms with Crippen molar-refractivity contribution in [2.24, 2.45) is 0 Å². The molecule has 0 saturated carbocycles. The second-order valence-electron chi connectivity index (χ2n) is 7.16. The molecule has 0 bridgehead atoms. The Hall–Kier alpha value is -2.31. The molecule has 0 radical (unpaired) electrons. The number of quaternary nitrogens is 1. The Balaban J connectivity index is 1.91. The smallest absolute Gasteiger partial charge is 0.279 e. The molecule has 5 nitrogen and oxygen atoms in total. The molecule has 0 aliphatic heterocycles.